The minimum atomic E-state index is -0.738. The molecule has 0 aliphatic carbocycles. The van der Waals surface area contributed by atoms with E-state index in [2.05, 4.69) is 16.0 Å². The lowest BCUT2D eigenvalue weighted by Crippen LogP contribution is -2.21. The fourth-order valence-electron chi connectivity index (χ4n) is 3.79. The monoisotopic (exact) mass is 413 g/mol. The van der Waals surface area contributed by atoms with E-state index in [-0.39, 0.29) is 16.8 Å². The van der Waals surface area contributed by atoms with Crippen molar-refractivity contribution in [3.8, 4) is 0 Å². The third-order valence-corrected chi connectivity index (χ3v) is 5.33. The Balaban J connectivity index is 1.53. The number of carbonyl (C=O) groups excluding carboxylic acids is 1. The Labute approximate surface area is 172 Å². The fourth-order valence-corrected chi connectivity index (χ4v) is 3.79. The van der Waals surface area contributed by atoms with Gasteiger partial charge in [-0.3, -0.25) is 4.79 Å². The van der Waals surface area contributed by atoms with E-state index in [0.29, 0.717) is 43.6 Å². The third kappa shape index (κ3) is 4.32. The molecule has 0 atom stereocenters. The molecular formula is C23H22F3N3O. The minimum absolute atomic E-state index is 0.0150. The summed E-state index contributed by atoms with van der Waals surface area (Å²) >= 11 is 0. The molecule has 3 N–H and O–H groups in total. The average molecular weight is 413 g/mol. The molecule has 1 amide bonds. The van der Waals surface area contributed by atoms with E-state index in [9.17, 15) is 18.0 Å². The molecule has 2 heterocycles. The van der Waals surface area contributed by atoms with Crippen molar-refractivity contribution in [2.45, 2.75) is 12.8 Å². The number of hydrogen-bond acceptors (Lipinski definition) is 3. The van der Waals surface area contributed by atoms with Crippen LogP contribution < -0.4 is 16.0 Å². The first-order valence-electron chi connectivity index (χ1n) is 9.93. The molecule has 0 fully saturated rings. The molecule has 0 aromatic heterocycles. The van der Waals surface area contributed by atoms with Gasteiger partial charge in [0.15, 0.2) is 0 Å². The molecule has 156 valence electrons. The number of benzene rings is 2. The van der Waals surface area contributed by atoms with Crippen LogP contribution in [0.3, 0.4) is 0 Å². The van der Waals surface area contributed by atoms with Crippen LogP contribution in [0.15, 0.2) is 42.5 Å². The summed E-state index contributed by atoms with van der Waals surface area (Å²) in [5.74, 6) is -2.61. The van der Waals surface area contributed by atoms with Crippen LogP contribution >= 0.6 is 0 Å². The maximum Gasteiger partial charge on any atom is 0.255 e. The number of carbonyl (C=O) groups is 1. The summed E-state index contributed by atoms with van der Waals surface area (Å²) in [6, 6.07) is 6.40. The SMILES string of the molecule is O=C(Nc1cc(F)c(C2=CCNCC2)c(F)c1)c1ccc(C2=CCNCC2)c(F)c1. The number of halogens is 3. The first kappa shape index (κ1) is 20.4. The lowest BCUT2D eigenvalue weighted by atomic mass is 9.98. The number of anilines is 1. The van der Waals surface area contributed by atoms with Crippen LogP contribution in [-0.4, -0.2) is 32.1 Å². The lowest BCUT2D eigenvalue weighted by molar-refractivity contribution is 0.102. The van der Waals surface area contributed by atoms with Gasteiger partial charge < -0.3 is 16.0 Å². The minimum Gasteiger partial charge on any atom is -0.322 e. The number of rotatable bonds is 4. The van der Waals surface area contributed by atoms with Crippen molar-refractivity contribution in [2.75, 3.05) is 31.5 Å². The van der Waals surface area contributed by atoms with Crippen LogP contribution in [-0.2, 0) is 0 Å². The van der Waals surface area contributed by atoms with Crippen LogP contribution in [0.1, 0.15) is 34.3 Å². The van der Waals surface area contributed by atoms with Gasteiger partial charge in [0.1, 0.15) is 17.5 Å². The molecule has 0 bridgehead atoms. The normalized spacial score (nSPS) is 16.6. The van der Waals surface area contributed by atoms with E-state index in [1.807, 2.05) is 6.08 Å². The Bertz CT molecular complexity index is 1020. The summed E-state index contributed by atoms with van der Waals surface area (Å²) in [6.45, 7) is 2.66. The summed E-state index contributed by atoms with van der Waals surface area (Å²) in [5, 5.41) is 8.71. The Morgan fingerprint density at radius 3 is 2.03 bits per heavy atom. The van der Waals surface area contributed by atoms with Crippen LogP contribution in [0.2, 0.25) is 0 Å². The molecule has 2 aliphatic rings. The van der Waals surface area contributed by atoms with E-state index in [1.54, 1.807) is 12.1 Å². The van der Waals surface area contributed by atoms with Crippen molar-refractivity contribution in [3.63, 3.8) is 0 Å². The van der Waals surface area contributed by atoms with Gasteiger partial charge in [-0.2, -0.15) is 0 Å². The van der Waals surface area contributed by atoms with Gasteiger partial charge in [0.2, 0.25) is 0 Å². The van der Waals surface area contributed by atoms with Crippen molar-refractivity contribution in [1.82, 2.24) is 10.6 Å². The maximum absolute atomic E-state index is 14.5. The van der Waals surface area contributed by atoms with Crippen LogP contribution in [0.25, 0.3) is 11.1 Å². The van der Waals surface area contributed by atoms with Crippen molar-refractivity contribution in [1.29, 1.82) is 0 Å². The third-order valence-electron chi connectivity index (χ3n) is 5.33. The standard InChI is InChI=1S/C23H22F3N3O/c24-19-11-16(1-2-18(19)14-3-7-27-8-4-14)23(30)29-17-12-20(25)22(21(26)13-17)15-5-9-28-10-6-15/h1-3,5,11-13,27-28H,4,6-10H2,(H,29,30). The van der Waals surface area contributed by atoms with Crippen molar-refractivity contribution < 1.29 is 18.0 Å². The van der Waals surface area contributed by atoms with Gasteiger partial charge in [0.05, 0.1) is 0 Å². The van der Waals surface area contributed by atoms with Crippen molar-refractivity contribution in [3.05, 3.63) is 76.6 Å². The summed E-state index contributed by atoms with van der Waals surface area (Å²) < 4.78 is 43.6. The van der Waals surface area contributed by atoms with Crippen LogP contribution in [0, 0.1) is 17.5 Å². The van der Waals surface area contributed by atoms with E-state index >= 15 is 0 Å². The molecule has 0 unspecified atom stereocenters. The molecule has 7 heteroatoms. The smallest absolute Gasteiger partial charge is 0.255 e. The van der Waals surface area contributed by atoms with Gasteiger partial charge in [-0.1, -0.05) is 18.2 Å². The lowest BCUT2D eigenvalue weighted by Gasteiger charge is -2.17. The van der Waals surface area contributed by atoms with Crippen LogP contribution in [0.4, 0.5) is 18.9 Å². The second-order valence-electron chi connectivity index (χ2n) is 7.33. The maximum atomic E-state index is 14.5. The van der Waals surface area contributed by atoms with E-state index in [4.69, 9.17) is 0 Å². The van der Waals surface area contributed by atoms with Gasteiger partial charge in [0.25, 0.3) is 5.91 Å². The Morgan fingerprint density at radius 1 is 0.833 bits per heavy atom. The molecule has 0 spiro atoms. The molecular weight excluding hydrogens is 391 g/mol. The highest BCUT2D eigenvalue weighted by atomic mass is 19.1. The van der Waals surface area contributed by atoms with E-state index in [1.165, 1.54) is 6.07 Å². The topological polar surface area (TPSA) is 53.2 Å². The van der Waals surface area contributed by atoms with Crippen LogP contribution in [0.5, 0.6) is 0 Å². The predicted molar refractivity (Wildman–Crippen MR) is 112 cm³/mol. The molecule has 2 aromatic carbocycles. The number of hydrogen-bond donors (Lipinski definition) is 3. The first-order chi connectivity index (χ1) is 14.5. The highest BCUT2D eigenvalue weighted by Crippen LogP contribution is 2.29. The highest BCUT2D eigenvalue weighted by molar-refractivity contribution is 6.04. The molecule has 2 aromatic rings. The largest absolute Gasteiger partial charge is 0.322 e. The molecule has 0 saturated heterocycles. The van der Waals surface area contributed by atoms with Gasteiger partial charge in [-0.15, -0.1) is 0 Å². The zero-order chi connectivity index (χ0) is 21.1. The molecule has 2 aliphatic heterocycles. The van der Waals surface area contributed by atoms with E-state index in [0.717, 1.165) is 30.3 Å². The average Bonchev–Trinajstić information content (AvgIpc) is 2.74. The van der Waals surface area contributed by atoms with E-state index < -0.39 is 23.4 Å². The van der Waals surface area contributed by atoms with Crippen molar-refractivity contribution in [2.24, 2.45) is 0 Å². The quantitative estimate of drug-likeness (QED) is 0.707. The Kier molecular flexibility index (Phi) is 6.01. The second kappa shape index (κ2) is 8.85. The van der Waals surface area contributed by atoms with Gasteiger partial charge in [0, 0.05) is 35.5 Å². The molecule has 30 heavy (non-hydrogen) atoms. The molecule has 0 saturated carbocycles. The summed E-state index contributed by atoms with van der Waals surface area (Å²) in [6.07, 6.45) is 4.91. The summed E-state index contributed by atoms with van der Waals surface area (Å²) in [7, 11) is 0. The van der Waals surface area contributed by atoms with Gasteiger partial charge in [-0.25, -0.2) is 13.2 Å². The molecule has 0 radical (unpaired) electrons. The Hall–Kier alpha value is -2.90. The summed E-state index contributed by atoms with van der Waals surface area (Å²) in [5.41, 5.74) is 1.96. The second-order valence-corrected chi connectivity index (χ2v) is 7.33. The molecule has 4 rings (SSSR count). The predicted octanol–water partition coefficient (Wildman–Crippen LogP) is 4.11. The Morgan fingerprint density at radius 2 is 1.47 bits per heavy atom. The first-order valence-corrected chi connectivity index (χ1v) is 9.93. The van der Waals surface area contributed by atoms with Gasteiger partial charge in [-0.05, 0) is 61.3 Å². The highest BCUT2D eigenvalue weighted by Gasteiger charge is 2.19. The zero-order valence-electron chi connectivity index (χ0n) is 16.3. The summed E-state index contributed by atoms with van der Waals surface area (Å²) in [4.78, 5) is 12.5. The number of nitrogens with one attached hydrogen (secondary N) is 3. The molecule has 4 nitrogen and oxygen atoms in total. The fraction of sp³-hybridized carbons (Fsp3) is 0.261. The van der Waals surface area contributed by atoms with Crippen molar-refractivity contribution >= 4 is 22.7 Å². The van der Waals surface area contributed by atoms with Gasteiger partial charge >= 0.3 is 0 Å². The number of amides is 1. The zero-order valence-corrected chi connectivity index (χ0v) is 16.3.